The molecule has 0 fully saturated rings. The van der Waals surface area contributed by atoms with Crippen molar-refractivity contribution < 1.29 is 24.2 Å². The maximum absolute atomic E-state index is 12.3. The van der Waals surface area contributed by atoms with Gasteiger partial charge < -0.3 is 20.5 Å². The Bertz CT molecular complexity index is 836. The van der Waals surface area contributed by atoms with Crippen LogP contribution >= 0.6 is 27.3 Å². The third-order valence-electron chi connectivity index (χ3n) is 3.38. The number of rotatable bonds is 6. The first-order valence-corrected chi connectivity index (χ1v) is 9.17. The molecule has 0 bridgehead atoms. The van der Waals surface area contributed by atoms with Gasteiger partial charge in [0.1, 0.15) is 16.7 Å². The van der Waals surface area contributed by atoms with E-state index in [1.165, 1.54) is 14.0 Å². The summed E-state index contributed by atoms with van der Waals surface area (Å²) >= 11 is 4.26. The summed E-state index contributed by atoms with van der Waals surface area (Å²) in [5.74, 6) is -1.27. The number of phenols is 1. The molecule has 0 aliphatic carbocycles. The number of benzene rings is 1. The van der Waals surface area contributed by atoms with Gasteiger partial charge in [-0.05, 0) is 46.6 Å². The summed E-state index contributed by atoms with van der Waals surface area (Å²) in [4.78, 5) is 36.5. The predicted molar refractivity (Wildman–Crippen MR) is 100 cm³/mol. The highest BCUT2D eigenvalue weighted by Crippen LogP contribution is 2.27. The van der Waals surface area contributed by atoms with E-state index in [2.05, 4.69) is 31.3 Å². The van der Waals surface area contributed by atoms with Gasteiger partial charge in [0.25, 0.3) is 11.8 Å². The fraction of sp³-hybridized carbons (Fsp3) is 0.235. The van der Waals surface area contributed by atoms with Crippen LogP contribution in [-0.4, -0.2) is 36.0 Å². The van der Waals surface area contributed by atoms with E-state index >= 15 is 0 Å². The normalized spacial score (nSPS) is 11.5. The average molecular weight is 441 g/mol. The Kier molecular flexibility index (Phi) is 6.76. The highest BCUT2D eigenvalue weighted by molar-refractivity contribution is 9.10. The Hall–Kier alpha value is -2.39. The monoisotopic (exact) mass is 440 g/mol. The van der Waals surface area contributed by atoms with Crippen LogP contribution < -0.4 is 10.6 Å². The SMILES string of the molecule is COC(=O)C(C)NC(=O)c1sc(C(=O)NCc2cccc(O)c2)cc1Br. The standard InChI is InChI=1S/C17H17BrN2O5S/c1-9(17(24)25-2)20-16(23)14-12(18)7-13(26-14)15(22)19-8-10-4-3-5-11(21)6-10/h3-7,9,21H,8H2,1-2H3,(H,19,22)(H,20,23). The molecule has 2 rings (SSSR count). The van der Waals surface area contributed by atoms with Gasteiger partial charge in [0.15, 0.2) is 0 Å². The number of nitrogens with one attached hydrogen (secondary N) is 2. The van der Waals surface area contributed by atoms with Crippen LogP contribution in [0.1, 0.15) is 31.8 Å². The Morgan fingerprint density at radius 2 is 2.00 bits per heavy atom. The maximum atomic E-state index is 12.3. The number of halogens is 1. The number of ether oxygens (including phenoxy) is 1. The van der Waals surface area contributed by atoms with Crippen LogP contribution in [0.2, 0.25) is 0 Å². The number of phenolic OH excluding ortho intramolecular Hbond substituents is 1. The second-order valence-electron chi connectivity index (χ2n) is 5.36. The van der Waals surface area contributed by atoms with Gasteiger partial charge in [0.05, 0.1) is 12.0 Å². The van der Waals surface area contributed by atoms with Gasteiger partial charge in [-0.2, -0.15) is 0 Å². The van der Waals surface area contributed by atoms with Crippen molar-refractivity contribution >= 4 is 45.1 Å². The summed E-state index contributed by atoms with van der Waals surface area (Å²) in [5.41, 5.74) is 0.749. The summed E-state index contributed by atoms with van der Waals surface area (Å²) in [5, 5.41) is 14.7. The number of amides is 2. The lowest BCUT2D eigenvalue weighted by Gasteiger charge is -2.10. The van der Waals surface area contributed by atoms with E-state index in [-0.39, 0.29) is 23.1 Å². The van der Waals surface area contributed by atoms with Crippen molar-refractivity contribution in [2.24, 2.45) is 0 Å². The van der Waals surface area contributed by atoms with Crippen LogP contribution in [0.15, 0.2) is 34.8 Å². The van der Waals surface area contributed by atoms with Gasteiger partial charge in [0.2, 0.25) is 0 Å². The number of methoxy groups -OCH3 is 1. The predicted octanol–water partition coefficient (Wildman–Crippen LogP) is 2.44. The Morgan fingerprint density at radius 1 is 1.27 bits per heavy atom. The van der Waals surface area contributed by atoms with Crippen LogP contribution in [0.25, 0.3) is 0 Å². The topological polar surface area (TPSA) is 105 Å². The number of hydrogen-bond donors (Lipinski definition) is 3. The van der Waals surface area contributed by atoms with Crippen LogP contribution in [0, 0.1) is 0 Å². The lowest BCUT2D eigenvalue weighted by atomic mass is 10.2. The summed E-state index contributed by atoms with van der Waals surface area (Å²) in [6.07, 6.45) is 0. The largest absolute Gasteiger partial charge is 0.508 e. The Labute approximate surface area is 162 Å². The summed E-state index contributed by atoms with van der Waals surface area (Å²) in [6.45, 7) is 1.75. The fourth-order valence-corrected chi connectivity index (χ4v) is 3.74. The molecular formula is C17H17BrN2O5S. The van der Waals surface area contributed by atoms with Crippen molar-refractivity contribution in [1.29, 1.82) is 0 Å². The smallest absolute Gasteiger partial charge is 0.328 e. The quantitative estimate of drug-likeness (QED) is 0.598. The molecule has 9 heteroatoms. The summed E-state index contributed by atoms with van der Waals surface area (Å²) in [6, 6.07) is 7.30. The zero-order chi connectivity index (χ0) is 19.3. The van der Waals surface area contributed by atoms with Crippen LogP contribution in [-0.2, 0) is 16.1 Å². The molecule has 1 heterocycles. The van der Waals surface area contributed by atoms with Crippen molar-refractivity contribution in [2.45, 2.75) is 19.5 Å². The zero-order valence-corrected chi connectivity index (χ0v) is 16.4. The van der Waals surface area contributed by atoms with Crippen LogP contribution in [0.4, 0.5) is 0 Å². The Morgan fingerprint density at radius 3 is 2.65 bits per heavy atom. The minimum absolute atomic E-state index is 0.120. The molecule has 7 nitrogen and oxygen atoms in total. The molecule has 2 aromatic rings. The summed E-state index contributed by atoms with van der Waals surface area (Å²) in [7, 11) is 1.24. The molecule has 0 aliphatic rings. The molecule has 138 valence electrons. The molecule has 1 atom stereocenters. The molecule has 2 amide bonds. The number of carbonyl (C=O) groups excluding carboxylic acids is 3. The van der Waals surface area contributed by atoms with E-state index in [1.807, 2.05) is 0 Å². The lowest BCUT2D eigenvalue weighted by Crippen LogP contribution is -2.38. The zero-order valence-electron chi connectivity index (χ0n) is 14.0. The molecule has 3 N–H and O–H groups in total. The van der Waals surface area contributed by atoms with Gasteiger partial charge in [0, 0.05) is 11.0 Å². The number of carbonyl (C=O) groups is 3. The van der Waals surface area contributed by atoms with E-state index < -0.39 is 17.9 Å². The van der Waals surface area contributed by atoms with Gasteiger partial charge in [-0.25, -0.2) is 4.79 Å². The molecular weight excluding hydrogens is 424 g/mol. The number of hydrogen-bond acceptors (Lipinski definition) is 6. The molecule has 0 aliphatic heterocycles. The van der Waals surface area contributed by atoms with Crippen molar-refractivity contribution in [1.82, 2.24) is 10.6 Å². The highest BCUT2D eigenvalue weighted by Gasteiger charge is 2.22. The number of thiophene rings is 1. The molecule has 0 saturated carbocycles. The third-order valence-corrected chi connectivity index (χ3v) is 5.40. The average Bonchev–Trinajstić information content (AvgIpc) is 3.00. The minimum Gasteiger partial charge on any atom is -0.508 e. The number of esters is 1. The molecule has 1 aromatic carbocycles. The number of aromatic hydroxyl groups is 1. The first kappa shape index (κ1) is 19.9. The van der Waals surface area contributed by atoms with Crippen molar-refractivity contribution in [3.05, 3.63) is 50.1 Å². The second kappa shape index (κ2) is 8.81. The Balaban J connectivity index is 2.03. The van der Waals surface area contributed by atoms with Crippen molar-refractivity contribution in [2.75, 3.05) is 7.11 Å². The molecule has 0 saturated heterocycles. The van der Waals surface area contributed by atoms with Gasteiger partial charge in [-0.3, -0.25) is 9.59 Å². The van der Waals surface area contributed by atoms with E-state index in [9.17, 15) is 19.5 Å². The van der Waals surface area contributed by atoms with Crippen molar-refractivity contribution in [3.8, 4) is 5.75 Å². The van der Waals surface area contributed by atoms with E-state index in [1.54, 1.807) is 30.3 Å². The molecule has 0 radical (unpaired) electrons. The second-order valence-corrected chi connectivity index (χ2v) is 7.27. The molecule has 1 aromatic heterocycles. The molecule has 1 unspecified atom stereocenters. The van der Waals surface area contributed by atoms with E-state index in [0.29, 0.717) is 9.35 Å². The fourth-order valence-electron chi connectivity index (χ4n) is 2.07. The van der Waals surface area contributed by atoms with Crippen LogP contribution in [0.3, 0.4) is 0 Å². The molecule has 0 spiro atoms. The minimum atomic E-state index is -0.801. The maximum Gasteiger partial charge on any atom is 0.328 e. The van der Waals surface area contributed by atoms with Gasteiger partial charge in [-0.15, -0.1) is 11.3 Å². The van der Waals surface area contributed by atoms with Crippen LogP contribution in [0.5, 0.6) is 5.75 Å². The first-order valence-electron chi connectivity index (χ1n) is 7.56. The van der Waals surface area contributed by atoms with E-state index in [4.69, 9.17) is 0 Å². The lowest BCUT2D eigenvalue weighted by molar-refractivity contribution is -0.142. The van der Waals surface area contributed by atoms with E-state index in [0.717, 1.165) is 16.9 Å². The van der Waals surface area contributed by atoms with Gasteiger partial charge >= 0.3 is 5.97 Å². The van der Waals surface area contributed by atoms with Gasteiger partial charge in [-0.1, -0.05) is 12.1 Å². The summed E-state index contributed by atoms with van der Waals surface area (Å²) < 4.78 is 5.02. The third kappa shape index (κ3) is 5.06. The van der Waals surface area contributed by atoms with Crippen molar-refractivity contribution in [3.63, 3.8) is 0 Å². The highest BCUT2D eigenvalue weighted by atomic mass is 79.9. The molecule has 26 heavy (non-hydrogen) atoms. The first-order chi connectivity index (χ1) is 12.3.